The van der Waals surface area contributed by atoms with Gasteiger partial charge in [-0.15, -0.1) is 0 Å². The van der Waals surface area contributed by atoms with Crippen LogP contribution in [0.25, 0.3) is 0 Å². The van der Waals surface area contributed by atoms with Crippen LogP contribution in [-0.2, 0) is 4.79 Å². The average molecular weight is 269 g/mol. The number of amides is 1. The predicted octanol–water partition coefficient (Wildman–Crippen LogP) is 2.91. The maximum atomic E-state index is 11.8. The average Bonchev–Trinajstić information content (AvgIpc) is 2.28. The molecule has 1 aromatic rings. The van der Waals surface area contributed by atoms with Gasteiger partial charge in [0.25, 0.3) is 0 Å². The molecule has 0 fully saturated rings. The number of hydrogen-bond donors (Lipinski definition) is 2. The summed E-state index contributed by atoms with van der Waals surface area (Å²) in [6.45, 7) is 6.87. The third-order valence-corrected chi connectivity index (χ3v) is 3.01. The van der Waals surface area contributed by atoms with Crippen molar-refractivity contribution in [2.24, 2.45) is 0 Å². The zero-order valence-electron chi connectivity index (χ0n) is 11.2. The summed E-state index contributed by atoms with van der Waals surface area (Å²) in [4.78, 5) is 11.8. The van der Waals surface area contributed by atoms with Crippen molar-refractivity contribution in [1.29, 1.82) is 0 Å². The molecule has 0 aliphatic heterocycles. The first-order chi connectivity index (χ1) is 8.52. The topological polar surface area (TPSA) is 41.1 Å². The monoisotopic (exact) mass is 268 g/mol. The molecule has 0 aromatic heterocycles. The molecule has 2 atom stereocenters. The van der Waals surface area contributed by atoms with Crippen LogP contribution in [0.4, 0.5) is 0 Å². The fraction of sp³-hybridized carbons (Fsp3) is 0.500. The van der Waals surface area contributed by atoms with Gasteiger partial charge in [-0.2, -0.15) is 0 Å². The molecule has 0 spiro atoms. The standard InChI is InChI=1S/C14H21ClN2O/c1-4-16-10(2)8-14(18)17-11(3)12-6-5-7-13(15)9-12/h5-7,9-11,16H,4,8H2,1-3H3,(H,17,18)/t10?,11-/m1/s1. The van der Waals surface area contributed by atoms with Crippen molar-refractivity contribution in [1.82, 2.24) is 10.6 Å². The molecule has 1 rings (SSSR count). The van der Waals surface area contributed by atoms with Gasteiger partial charge in [0.1, 0.15) is 0 Å². The normalized spacial score (nSPS) is 14.0. The van der Waals surface area contributed by atoms with E-state index in [9.17, 15) is 4.79 Å². The second-order valence-electron chi connectivity index (χ2n) is 4.51. The minimum Gasteiger partial charge on any atom is -0.350 e. The van der Waals surface area contributed by atoms with Gasteiger partial charge in [-0.3, -0.25) is 4.79 Å². The van der Waals surface area contributed by atoms with Gasteiger partial charge in [-0.1, -0.05) is 30.7 Å². The molecule has 2 N–H and O–H groups in total. The third-order valence-electron chi connectivity index (χ3n) is 2.77. The first-order valence-corrected chi connectivity index (χ1v) is 6.69. The molecule has 0 saturated heterocycles. The quantitative estimate of drug-likeness (QED) is 0.833. The van der Waals surface area contributed by atoms with Gasteiger partial charge in [0.2, 0.25) is 5.91 Å². The Balaban J connectivity index is 2.49. The molecule has 18 heavy (non-hydrogen) atoms. The summed E-state index contributed by atoms with van der Waals surface area (Å²) in [5.41, 5.74) is 1.02. The number of halogens is 1. The second kappa shape index (κ2) is 7.39. The number of nitrogens with one attached hydrogen (secondary N) is 2. The summed E-state index contributed by atoms with van der Waals surface area (Å²) in [5.74, 6) is 0.0518. The van der Waals surface area contributed by atoms with E-state index in [0.717, 1.165) is 12.1 Å². The molecule has 1 aromatic carbocycles. The van der Waals surface area contributed by atoms with E-state index in [4.69, 9.17) is 11.6 Å². The highest BCUT2D eigenvalue weighted by Crippen LogP contribution is 2.17. The summed E-state index contributed by atoms with van der Waals surface area (Å²) < 4.78 is 0. The molecular weight excluding hydrogens is 248 g/mol. The second-order valence-corrected chi connectivity index (χ2v) is 4.94. The Labute approximate surface area is 114 Å². The van der Waals surface area contributed by atoms with Crippen molar-refractivity contribution in [3.8, 4) is 0 Å². The van der Waals surface area contributed by atoms with E-state index >= 15 is 0 Å². The van der Waals surface area contributed by atoms with Crippen LogP contribution in [0.3, 0.4) is 0 Å². The Bertz CT molecular complexity index is 395. The lowest BCUT2D eigenvalue weighted by Gasteiger charge is -2.17. The summed E-state index contributed by atoms with van der Waals surface area (Å²) in [6, 6.07) is 7.73. The van der Waals surface area contributed by atoms with Crippen molar-refractivity contribution in [3.63, 3.8) is 0 Å². The lowest BCUT2D eigenvalue weighted by Crippen LogP contribution is -2.34. The molecule has 4 heteroatoms. The van der Waals surface area contributed by atoms with Gasteiger partial charge in [-0.25, -0.2) is 0 Å². The van der Waals surface area contributed by atoms with Crippen LogP contribution in [0.1, 0.15) is 38.8 Å². The van der Waals surface area contributed by atoms with E-state index in [2.05, 4.69) is 10.6 Å². The van der Waals surface area contributed by atoms with Crippen molar-refractivity contribution < 1.29 is 4.79 Å². The Morgan fingerprint density at radius 1 is 1.39 bits per heavy atom. The van der Waals surface area contributed by atoms with Crippen LogP contribution in [0.15, 0.2) is 24.3 Å². The van der Waals surface area contributed by atoms with E-state index in [0.29, 0.717) is 11.4 Å². The Morgan fingerprint density at radius 3 is 2.72 bits per heavy atom. The lowest BCUT2D eigenvalue weighted by molar-refractivity contribution is -0.122. The molecule has 0 aliphatic carbocycles. The van der Waals surface area contributed by atoms with Gasteiger partial charge in [-0.05, 0) is 38.1 Å². The van der Waals surface area contributed by atoms with Crippen LogP contribution in [-0.4, -0.2) is 18.5 Å². The van der Waals surface area contributed by atoms with Crippen molar-refractivity contribution in [2.75, 3.05) is 6.54 Å². The maximum absolute atomic E-state index is 11.8. The summed E-state index contributed by atoms with van der Waals surface area (Å²) >= 11 is 5.93. The lowest BCUT2D eigenvalue weighted by atomic mass is 10.1. The van der Waals surface area contributed by atoms with Crippen LogP contribution < -0.4 is 10.6 Å². The Kier molecular flexibility index (Phi) is 6.16. The Hall–Kier alpha value is -1.06. The van der Waals surface area contributed by atoms with E-state index in [1.54, 1.807) is 0 Å². The van der Waals surface area contributed by atoms with Crippen LogP contribution >= 0.6 is 11.6 Å². The molecule has 1 unspecified atom stereocenters. The maximum Gasteiger partial charge on any atom is 0.222 e. The molecule has 0 saturated carbocycles. The van der Waals surface area contributed by atoms with Crippen molar-refractivity contribution in [3.05, 3.63) is 34.9 Å². The number of rotatable bonds is 6. The van der Waals surface area contributed by atoms with Gasteiger partial charge in [0.05, 0.1) is 6.04 Å². The number of hydrogen-bond acceptors (Lipinski definition) is 2. The number of carbonyl (C=O) groups is 1. The predicted molar refractivity (Wildman–Crippen MR) is 75.8 cm³/mol. The summed E-state index contributed by atoms with van der Waals surface area (Å²) in [6.07, 6.45) is 0.485. The van der Waals surface area contributed by atoms with Crippen LogP contribution in [0.5, 0.6) is 0 Å². The molecule has 1 amide bonds. The highest BCUT2D eigenvalue weighted by Gasteiger charge is 2.12. The first-order valence-electron chi connectivity index (χ1n) is 6.31. The van der Waals surface area contributed by atoms with Gasteiger partial charge < -0.3 is 10.6 Å². The van der Waals surface area contributed by atoms with Gasteiger partial charge in [0, 0.05) is 17.5 Å². The zero-order valence-corrected chi connectivity index (χ0v) is 11.9. The minimum absolute atomic E-state index is 0.0231. The zero-order chi connectivity index (χ0) is 13.5. The fourth-order valence-corrected chi connectivity index (χ4v) is 2.06. The Morgan fingerprint density at radius 2 is 2.11 bits per heavy atom. The van der Waals surface area contributed by atoms with E-state index in [1.165, 1.54) is 0 Å². The minimum atomic E-state index is -0.0231. The highest BCUT2D eigenvalue weighted by molar-refractivity contribution is 6.30. The fourth-order valence-electron chi connectivity index (χ4n) is 1.86. The molecule has 0 heterocycles. The van der Waals surface area contributed by atoms with Gasteiger partial charge in [0.15, 0.2) is 0 Å². The SMILES string of the molecule is CCNC(C)CC(=O)N[C@H](C)c1cccc(Cl)c1. The largest absolute Gasteiger partial charge is 0.350 e. The first kappa shape index (κ1) is 15.0. The van der Waals surface area contributed by atoms with Gasteiger partial charge >= 0.3 is 0 Å². The summed E-state index contributed by atoms with van der Waals surface area (Å²) in [7, 11) is 0. The highest BCUT2D eigenvalue weighted by atomic mass is 35.5. The smallest absolute Gasteiger partial charge is 0.222 e. The molecule has 0 bridgehead atoms. The van der Waals surface area contributed by atoms with Crippen LogP contribution in [0, 0.1) is 0 Å². The van der Waals surface area contributed by atoms with E-state index in [-0.39, 0.29) is 18.0 Å². The van der Waals surface area contributed by atoms with Crippen molar-refractivity contribution >= 4 is 17.5 Å². The summed E-state index contributed by atoms with van der Waals surface area (Å²) in [5, 5.41) is 6.88. The molecular formula is C14H21ClN2O. The van der Waals surface area contributed by atoms with E-state index < -0.39 is 0 Å². The number of carbonyl (C=O) groups excluding carboxylic acids is 1. The number of benzene rings is 1. The third kappa shape index (κ3) is 5.07. The van der Waals surface area contributed by atoms with Crippen LogP contribution in [0.2, 0.25) is 5.02 Å². The molecule has 0 aliphatic rings. The molecule has 100 valence electrons. The molecule has 0 radical (unpaired) electrons. The van der Waals surface area contributed by atoms with E-state index in [1.807, 2.05) is 45.0 Å². The molecule has 3 nitrogen and oxygen atoms in total. The van der Waals surface area contributed by atoms with Crippen molar-refractivity contribution in [2.45, 2.75) is 39.3 Å².